The largest absolute Gasteiger partial charge is 0.484 e. The van der Waals surface area contributed by atoms with Crippen molar-refractivity contribution in [3.05, 3.63) is 48.6 Å². The summed E-state index contributed by atoms with van der Waals surface area (Å²) >= 11 is 7.36. The van der Waals surface area contributed by atoms with E-state index in [-0.39, 0.29) is 6.10 Å². The van der Waals surface area contributed by atoms with E-state index in [9.17, 15) is 0 Å². The Morgan fingerprint density at radius 2 is 2.24 bits per heavy atom. The van der Waals surface area contributed by atoms with Crippen LogP contribution in [0.2, 0.25) is 0 Å². The van der Waals surface area contributed by atoms with Gasteiger partial charge in [-0.15, -0.1) is 11.3 Å². The van der Waals surface area contributed by atoms with Gasteiger partial charge in [0.05, 0.1) is 0 Å². The number of nitrogens with two attached hydrogens (primary N) is 1. The van der Waals surface area contributed by atoms with Gasteiger partial charge in [0.15, 0.2) is 0 Å². The maximum Gasteiger partial charge on any atom is 0.145 e. The average molecular weight is 424 g/mol. The zero-order valence-electron chi connectivity index (χ0n) is 8.90. The Hall–Kier alpha value is -0.110. The number of benzene rings is 1. The number of hydrogen-bond acceptors (Lipinski definition) is 3. The molecule has 0 fully saturated rings. The third-order valence-electron chi connectivity index (χ3n) is 2.19. The molecule has 2 rings (SSSR count). The van der Waals surface area contributed by atoms with E-state index in [1.807, 2.05) is 29.6 Å². The van der Waals surface area contributed by atoms with Crippen LogP contribution in [-0.2, 0) is 0 Å². The van der Waals surface area contributed by atoms with Gasteiger partial charge in [-0.25, -0.2) is 0 Å². The predicted octanol–water partition coefficient (Wildman–Crippen LogP) is 4.19. The smallest absolute Gasteiger partial charge is 0.145 e. The van der Waals surface area contributed by atoms with E-state index >= 15 is 0 Å². The van der Waals surface area contributed by atoms with Gasteiger partial charge >= 0.3 is 0 Å². The van der Waals surface area contributed by atoms with Crippen molar-refractivity contribution in [2.45, 2.75) is 6.10 Å². The summed E-state index contributed by atoms with van der Waals surface area (Å²) in [7, 11) is 0. The molecule has 0 spiro atoms. The lowest BCUT2D eigenvalue weighted by atomic mass is 10.3. The van der Waals surface area contributed by atoms with Gasteiger partial charge < -0.3 is 10.5 Å². The first-order valence-electron chi connectivity index (χ1n) is 5.05. The summed E-state index contributed by atoms with van der Waals surface area (Å²) in [5, 5.41) is 2.04. The standard InChI is InChI=1S/C12H11BrINOS/c13-8-4-12(17-7-8)11(6-15)16-10-3-1-2-9(14)5-10/h1-5,7,11H,6,15H2. The molecule has 2 aromatic rings. The fraction of sp³-hybridized carbons (Fsp3) is 0.167. The molecule has 0 saturated carbocycles. The molecular weight excluding hydrogens is 413 g/mol. The second kappa shape index (κ2) is 6.17. The van der Waals surface area contributed by atoms with Gasteiger partial charge in [0.2, 0.25) is 0 Å². The lowest BCUT2D eigenvalue weighted by Gasteiger charge is -2.16. The SMILES string of the molecule is NCC(Oc1cccc(I)c1)c1cc(Br)cs1. The van der Waals surface area contributed by atoms with Crippen LogP contribution in [0.25, 0.3) is 0 Å². The zero-order chi connectivity index (χ0) is 12.3. The number of halogens is 2. The van der Waals surface area contributed by atoms with Crippen molar-refractivity contribution in [2.75, 3.05) is 6.54 Å². The lowest BCUT2D eigenvalue weighted by Crippen LogP contribution is -2.17. The highest BCUT2D eigenvalue weighted by Crippen LogP contribution is 2.29. The summed E-state index contributed by atoms with van der Waals surface area (Å²) in [6, 6.07) is 10.0. The second-order valence-electron chi connectivity index (χ2n) is 3.47. The van der Waals surface area contributed by atoms with Gasteiger partial charge in [-0.1, -0.05) is 6.07 Å². The Kier molecular flexibility index (Phi) is 4.84. The Bertz CT molecular complexity index is 503. The average Bonchev–Trinajstić information content (AvgIpc) is 2.73. The van der Waals surface area contributed by atoms with Gasteiger partial charge in [0.25, 0.3) is 0 Å². The molecule has 0 radical (unpaired) electrons. The molecule has 2 N–H and O–H groups in total. The van der Waals surface area contributed by atoms with E-state index in [4.69, 9.17) is 10.5 Å². The lowest BCUT2D eigenvalue weighted by molar-refractivity contribution is 0.218. The summed E-state index contributed by atoms with van der Waals surface area (Å²) in [5.74, 6) is 0.858. The van der Waals surface area contributed by atoms with Crippen LogP contribution < -0.4 is 10.5 Å². The molecule has 0 aliphatic rings. The Morgan fingerprint density at radius 1 is 1.41 bits per heavy atom. The van der Waals surface area contributed by atoms with E-state index in [0.717, 1.165) is 18.7 Å². The molecule has 1 atom stereocenters. The molecule has 5 heteroatoms. The van der Waals surface area contributed by atoms with Crippen LogP contribution in [0.1, 0.15) is 11.0 Å². The molecule has 0 amide bonds. The topological polar surface area (TPSA) is 35.2 Å². The summed E-state index contributed by atoms with van der Waals surface area (Å²) in [5.41, 5.74) is 5.76. The number of ether oxygens (including phenoxy) is 1. The van der Waals surface area contributed by atoms with E-state index in [0.29, 0.717) is 6.54 Å². The van der Waals surface area contributed by atoms with Crippen LogP contribution in [0.4, 0.5) is 0 Å². The maximum atomic E-state index is 5.90. The first-order chi connectivity index (χ1) is 8.19. The monoisotopic (exact) mass is 423 g/mol. The summed E-state index contributed by atoms with van der Waals surface area (Å²) in [6.07, 6.45) is -0.0792. The summed E-state index contributed by atoms with van der Waals surface area (Å²) < 4.78 is 8.13. The quantitative estimate of drug-likeness (QED) is 0.748. The third-order valence-corrected chi connectivity index (χ3v) is 4.65. The van der Waals surface area contributed by atoms with E-state index in [2.05, 4.69) is 44.6 Å². The predicted molar refractivity (Wildman–Crippen MR) is 83.6 cm³/mol. The summed E-state index contributed by atoms with van der Waals surface area (Å²) in [6.45, 7) is 0.471. The van der Waals surface area contributed by atoms with Crippen LogP contribution in [0.5, 0.6) is 5.75 Å². The molecule has 2 nitrogen and oxygen atoms in total. The fourth-order valence-electron chi connectivity index (χ4n) is 1.42. The Labute approximate surface area is 126 Å². The highest BCUT2D eigenvalue weighted by atomic mass is 127. The van der Waals surface area contributed by atoms with Crippen LogP contribution in [-0.4, -0.2) is 6.54 Å². The van der Waals surface area contributed by atoms with Crippen LogP contribution in [0, 0.1) is 3.57 Å². The fourth-order valence-corrected chi connectivity index (χ4v) is 3.42. The Balaban J connectivity index is 2.15. The maximum absolute atomic E-state index is 5.90. The molecule has 90 valence electrons. The minimum absolute atomic E-state index is 0.0792. The number of rotatable bonds is 4. The molecule has 0 aliphatic carbocycles. The summed E-state index contributed by atoms with van der Waals surface area (Å²) in [4.78, 5) is 1.14. The highest BCUT2D eigenvalue weighted by Gasteiger charge is 2.13. The molecule has 0 bridgehead atoms. The van der Waals surface area contributed by atoms with Crippen molar-refractivity contribution >= 4 is 49.9 Å². The molecule has 1 aromatic heterocycles. The van der Waals surface area contributed by atoms with E-state index < -0.39 is 0 Å². The van der Waals surface area contributed by atoms with Crippen molar-refractivity contribution < 1.29 is 4.74 Å². The van der Waals surface area contributed by atoms with Crippen molar-refractivity contribution in [1.29, 1.82) is 0 Å². The first-order valence-corrected chi connectivity index (χ1v) is 7.80. The molecule has 1 aromatic carbocycles. The van der Waals surface area contributed by atoms with E-state index in [1.54, 1.807) is 11.3 Å². The van der Waals surface area contributed by atoms with Gasteiger partial charge in [-0.3, -0.25) is 0 Å². The highest BCUT2D eigenvalue weighted by molar-refractivity contribution is 14.1. The van der Waals surface area contributed by atoms with Crippen molar-refractivity contribution in [2.24, 2.45) is 5.73 Å². The minimum Gasteiger partial charge on any atom is -0.484 e. The van der Waals surface area contributed by atoms with Crippen LogP contribution in [0.15, 0.2) is 40.2 Å². The van der Waals surface area contributed by atoms with E-state index in [1.165, 1.54) is 0 Å². The molecule has 1 heterocycles. The molecule has 17 heavy (non-hydrogen) atoms. The number of thiophene rings is 1. The first kappa shape index (κ1) is 13.3. The molecular formula is C12H11BrINOS. The van der Waals surface area contributed by atoms with Crippen molar-refractivity contribution in [3.8, 4) is 5.75 Å². The Morgan fingerprint density at radius 3 is 2.82 bits per heavy atom. The van der Waals surface area contributed by atoms with Crippen LogP contribution >= 0.6 is 49.9 Å². The van der Waals surface area contributed by atoms with Crippen molar-refractivity contribution in [3.63, 3.8) is 0 Å². The molecule has 1 unspecified atom stereocenters. The van der Waals surface area contributed by atoms with Gasteiger partial charge in [-0.05, 0) is 62.8 Å². The minimum atomic E-state index is -0.0792. The van der Waals surface area contributed by atoms with Gasteiger partial charge in [0, 0.05) is 24.8 Å². The van der Waals surface area contributed by atoms with Gasteiger partial charge in [0.1, 0.15) is 11.9 Å². The molecule has 0 aliphatic heterocycles. The normalized spacial score (nSPS) is 12.4. The second-order valence-corrected chi connectivity index (χ2v) is 6.57. The number of hydrogen-bond donors (Lipinski definition) is 1. The van der Waals surface area contributed by atoms with Crippen molar-refractivity contribution in [1.82, 2.24) is 0 Å². The van der Waals surface area contributed by atoms with Gasteiger partial charge in [-0.2, -0.15) is 0 Å². The third kappa shape index (κ3) is 3.67. The molecule has 0 saturated heterocycles. The van der Waals surface area contributed by atoms with Crippen LogP contribution in [0.3, 0.4) is 0 Å². The zero-order valence-corrected chi connectivity index (χ0v) is 13.5.